The number of nitrogens with two attached hydrogens (primary N) is 1. The minimum Gasteiger partial charge on any atom is -0.368 e. The van der Waals surface area contributed by atoms with E-state index in [-0.39, 0.29) is 5.91 Å². The zero-order valence-electron chi connectivity index (χ0n) is 8.93. The van der Waals surface area contributed by atoms with Gasteiger partial charge < -0.3 is 11.1 Å². The van der Waals surface area contributed by atoms with Gasteiger partial charge in [0.2, 0.25) is 5.91 Å². The van der Waals surface area contributed by atoms with Crippen molar-refractivity contribution in [3.8, 4) is 0 Å². The maximum absolute atomic E-state index is 11.8. The first-order valence-corrected chi connectivity index (χ1v) is 5.39. The van der Waals surface area contributed by atoms with Crippen LogP contribution in [-0.4, -0.2) is 17.9 Å². The van der Waals surface area contributed by atoms with Gasteiger partial charge in [-0.2, -0.15) is 0 Å². The summed E-state index contributed by atoms with van der Waals surface area (Å²) in [5.74, 6) is -0.872. The van der Waals surface area contributed by atoms with Crippen LogP contribution in [0, 0.1) is 0 Å². The third-order valence-corrected chi connectivity index (χ3v) is 2.60. The van der Waals surface area contributed by atoms with Crippen LogP contribution in [0.1, 0.15) is 23.7 Å². The number of amides is 2. The van der Waals surface area contributed by atoms with Gasteiger partial charge in [0.1, 0.15) is 6.04 Å². The minimum atomic E-state index is -0.638. The molecule has 3 N–H and O–H groups in total. The molecule has 1 atom stereocenters. The number of benzene rings is 1. The highest BCUT2D eigenvalue weighted by molar-refractivity contribution is 7.80. The first-order valence-electron chi connectivity index (χ1n) is 4.94. The number of thiol groups is 1. The zero-order valence-corrected chi connectivity index (χ0v) is 9.83. The van der Waals surface area contributed by atoms with Crippen molar-refractivity contribution >= 4 is 24.4 Å². The van der Waals surface area contributed by atoms with Crippen molar-refractivity contribution in [3.05, 3.63) is 29.8 Å². The van der Waals surface area contributed by atoms with Gasteiger partial charge >= 0.3 is 0 Å². The maximum Gasteiger partial charge on any atom is 0.253 e. The molecule has 0 aliphatic heterocycles. The van der Waals surface area contributed by atoms with Crippen molar-refractivity contribution in [3.63, 3.8) is 0 Å². The highest BCUT2D eigenvalue weighted by Gasteiger charge is 2.17. The largest absolute Gasteiger partial charge is 0.368 e. The summed E-state index contributed by atoms with van der Waals surface area (Å²) in [4.78, 5) is 23.3. The summed E-state index contributed by atoms with van der Waals surface area (Å²) in [6.45, 7) is 1.78. The summed E-state index contributed by atoms with van der Waals surface area (Å²) in [6.07, 6.45) is 0.468. The molecule has 4 nitrogen and oxygen atoms in total. The molecule has 0 radical (unpaired) electrons. The van der Waals surface area contributed by atoms with E-state index in [0.29, 0.717) is 16.9 Å². The Kier molecular flexibility index (Phi) is 4.37. The van der Waals surface area contributed by atoms with Crippen LogP contribution < -0.4 is 11.1 Å². The lowest BCUT2D eigenvalue weighted by Crippen LogP contribution is -2.44. The molecule has 0 spiro atoms. The van der Waals surface area contributed by atoms with Gasteiger partial charge in [-0.1, -0.05) is 19.1 Å². The fourth-order valence-corrected chi connectivity index (χ4v) is 1.54. The van der Waals surface area contributed by atoms with Crippen LogP contribution in [0.3, 0.4) is 0 Å². The molecule has 1 aromatic carbocycles. The van der Waals surface area contributed by atoms with Crippen LogP contribution in [0.4, 0.5) is 0 Å². The molecule has 0 heterocycles. The van der Waals surface area contributed by atoms with Crippen molar-refractivity contribution in [2.45, 2.75) is 24.3 Å². The first kappa shape index (κ1) is 12.6. The number of nitrogens with one attached hydrogen (secondary N) is 1. The molecule has 1 rings (SSSR count). The second-order valence-corrected chi connectivity index (χ2v) is 3.84. The Bertz CT molecular complexity index is 407. The zero-order chi connectivity index (χ0) is 12.1. The highest BCUT2D eigenvalue weighted by atomic mass is 32.1. The summed E-state index contributed by atoms with van der Waals surface area (Å²) in [5.41, 5.74) is 5.57. The predicted octanol–water partition coefficient (Wildman–Crippen LogP) is 0.969. The third-order valence-electron chi connectivity index (χ3n) is 2.21. The monoisotopic (exact) mass is 238 g/mol. The lowest BCUT2D eigenvalue weighted by atomic mass is 10.1. The lowest BCUT2D eigenvalue weighted by Gasteiger charge is -2.13. The van der Waals surface area contributed by atoms with Crippen LogP contribution >= 0.6 is 12.6 Å². The molecular weight excluding hydrogens is 224 g/mol. The van der Waals surface area contributed by atoms with Gasteiger partial charge in [0.15, 0.2) is 0 Å². The van der Waals surface area contributed by atoms with Gasteiger partial charge in [-0.3, -0.25) is 9.59 Å². The van der Waals surface area contributed by atoms with Crippen LogP contribution in [-0.2, 0) is 4.79 Å². The van der Waals surface area contributed by atoms with Crippen molar-refractivity contribution < 1.29 is 9.59 Å². The normalized spacial score (nSPS) is 11.9. The van der Waals surface area contributed by atoms with E-state index < -0.39 is 11.9 Å². The SMILES string of the molecule is CCC(NC(=O)c1ccccc1S)C(N)=O. The molecule has 16 heavy (non-hydrogen) atoms. The van der Waals surface area contributed by atoms with Crippen molar-refractivity contribution in [2.24, 2.45) is 5.73 Å². The lowest BCUT2D eigenvalue weighted by molar-refractivity contribution is -0.119. The van der Waals surface area contributed by atoms with Crippen LogP contribution in [0.25, 0.3) is 0 Å². The Morgan fingerprint density at radius 3 is 2.56 bits per heavy atom. The molecular formula is C11H14N2O2S. The smallest absolute Gasteiger partial charge is 0.253 e. The molecule has 0 aliphatic rings. The summed E-state index contributed by atoms with van der Waals surface area (Å²) in [7, 11) is 0. The summed E-state index contributed by atoms with van der Waals surface area (Å²) in [5, 5.41) is 2.56. The molecule has 0 aromatic heterocycles. The van der Waals surface area contributed by atoms with E-state index in [0.717, 1.165) is 0 Å². The number of primary amides is 1. The highest BCUT2D eigenvalue weighted by Crippen LogP contribution is 2.12. The van der Waals surface area contributed by atoms with Gasteiger partial charge in [0.05, 0.1) is 5.56 Å². The fourth-order valence-electron chi connectivity index (χ4n) is 1.28. The van der Waals surface area contributed by atoms with Crippen LogP contribution in [0.2, 0.25) is 0 Å². The Morgan fingerprint density at radius 2 is 2.06 bits per heavy atom. The quantitative estimate of drug-likeness (QED) is 0.684. The van der Waals surface area contributed by atoms with E-state index in [2.05, 4.69) is 17.9 Å². The molecule has 1 unspecified atom stereocenters. The molecule has 0 fully saturated rings. The number of rotatable bonds is 4. The summed E-state index contributed by atoms with van der Waals surface area (Å²) < 4.78 is 0. The molecule has 0 aliphatic carbocycles. The van der Waals surface area contributed by atoms with Gasteiger partial charge in [-0.25, -0.2) is 0 Å². The van der Waals surface area contributed by atoms with Gasteiger partial charge in [0, 0.05) is 4.90 Å². The van der Waals surface area contributed by atoms with Gasteiger partial charge in [-0.05, 0) is 18.6 Å². The summed E-state index contributed by atoms with van der Waals surface area (Å²) in [6, 6.07) is 6.24. The minimum absolute atomic E-state index is 0.337. The Balaban J connectivity index is 2.80. The first-order chi connectivity index (χ1) is 7.56. The second-order valence-electron chi connectivity index (χ2n) is 3.35. The van der Waals surface area contributed by atoms with Gasteiger partial charge in [0.25, 0.3) is 5.91 Å². The van der Waals surface area contributed by atoms with E-state index in [4.69, 9.17) is 5.73 Å². The molecule has 1 aromatic rings. The number of carbonyl (C=O) groups is 2. The topological polar surface area (TPSA) is 72.2 Å². The van der Waals surface area contributed by atoms with E-state index in [1.807, 2.05) is 0 Å². The average molecular weight is 238 g/mol. The van der Waals surface area contributed by atoms with E-state index in [9.17, 15) is 9.59 Å². The Morgan fingerprint density at radius 1 is 1.44 bits per heavy atom. The van der Waals surface area contributed by atoms with Gasteiger partial charge in [-0.15, -0.1) is 12.6 Å². The standard InChI is InChI=1S/C11H14N2O2S/c1-2-8(10(12)14)13-11(15)7-5-3-4-6-9(7)16/h3-6,8,16H,2H2,1H3,(H2,12,14)(H,13,15). The second kappa shape index (κ2) is 5.55. The van der Waals surface area contributed by atoms with Crippen molar-refractivity contribution in [1.82, 2.24) is 5.32 Å². The average Bonchev–Trinajstić information content (AvgIpc) is 2.25. The van der Waals surface area contributed by atoms with E-state index in [1.165, 1.54) is 0 Å². The molecule has 0 bridgehead atoms. The molecule has 5 heteroatoms. The Hall–Kier alpha value is -1.49. The van der Waals surface area contributed by atoms with E-state index in [1.54, 1.807) is 31.2 Å². The van der Waals surface area contributed by atoms with Crippen LogP contribution in [0.5, 0.6) is 0 Å². The molecule has 0 saturated heterocycles. The number of hydrogen-bond acceptors (Lipinski definition) is 3. The number of carbonyl (C=O) groups excluding carboxylic acids is 2. The molecule has 0 saturated carbocycles. The van der Waals surface area contributed by atoms with Crippen molar-refractivity contribution in [1.29, 1.82) is 0 Å². The predicted molar refractivity (Wildman–Crippen MR) is 64.4 cm³/mol. The molecule has 2 amide bonds. The van der Waals surface area contributed by atoms with Crippen molar-refractivity contribution in [2.75, 3.05) is 0 Å². The fraction of sp³-hybridized carbons (Fsp3) is 0.273. The number of hydrogen-bond donors (Lipinski definition) is 3. The van der Waals surface area contributed by atoms with E-state index >= 15 is 0 Å². The Labute approximate surface area is 99.6 Å². The van der Waals surface area contributed by atoms with Crippen LogP contribution in [0.15, 0.2) is 29.2 Å². The summed E-state index contributed by atoms with van der Waals surface area (Å²) >= 11 is 4.16. The molecule has 86 valence electrons. The third kappa shape index (κ3) is 3.00. The maximum atomic E-state index is 11.8.